The molecule has 0 aromatic rings. The van der Waals surface area contributed by atoms with E-state index >= 15 is 0 Å². The molecule has 0 amide bonds. The molecule has 1 saturated heterocycles. The predicted molar refractivity (Wildman–Crippen MR) is 57.8 cm³/mol. The van der Waals surface area contributed by atoms with Crippen molar-refractivity contribution in [3.63, 3.8) is 0 Å². The zero-order valence-electron chi connectivity index (χ0n) is 9.19. The van der Waals surface area contributed by atoms with Crippen LogP contribution < -0.4 is 10.0 Å². The van der Waals surface area contributed by atoms with Crippen molar-refractivity contribution in [2.24, 2.45) is 0 Å². The number of hydrogen-bond acceptors (Lipinski definition) is 4. The number of hydrogen-bond donors (Lipinski definition) is 2. The summed E-state index contributed by atoms with van der Waals surface area (Å²) in [7, 11) is -1.78. The lowest BCUT2D eigenvalue weighted by Gasteiger charge is -2.30. The van der Waals surface area contributed by atoms with Crippen LogP contribution in [-0.2, 0) is 14.9 Å². The van der Waals surface area contributed by atoms with Crippen LogP contribution in [0.5, 0.6) is 0 Å². The molecule has 1 aliphatic rings. The van der Waals surface area contributed by atoms with Gasteiger partial charge >= 0.3 is 0 Å². The van der Waals surface area contributed by atoms with Gasteiger partial charge in [-0.25, -0.2) is 0 Å². The van der Waals surface area contributed by atoms with Crippen molar-refractivity contribution in [1.82, 2.24) is 14.3 Å². The maximum atomic E-state index is 11.7. The zero-order chi connectivity index (χ0) is 11.3. The first-order valence-electron chi connectivity index (χ1n) is 5.03. The van der Waals surface area contributed by atoms with Gasteiger partial charge in [0.25, 0.3) is 10.2 Å². The van der Waals surface area contributed by atoms with Gasteiger partial charge in [0.1, 0.15) is 0 Å². The molecule has 0 saturated carbocycles. The van der Waals surface area contributed by atoms with Gasteiger partial charge in [0.15, 0.2) is 0 Å². The van der Waals surface area contributed by atoms with E-state index in [0.29, 0.717) is 32.8 Å². The number of nitrogens with zero attached hydrogens (tertiary/aromatic N) is 1. The highest BCUT2D eigenvalue weighted by molar-refractivity contribution is 7.87. The monoisotopic (exact) mass is 237 g/mol. The van der Waals surface area contributed by atoms with Crippen LogP contribution in [0.25, 0.3) is 0 Å². The van der Waals surface area contributed by atoms with Crippen LogP contribution in [0.4, 0.5) is 0 Å². The Balaban J connectivity index is 2.45. The maximum Gasteiger partial charge on any atom is 0.279 e. The van der Waals surface area contributed by atoms with Gasteiger partial charge in [0.2, 0.25) is 0 Å². The van der Waals surface area contributed by atoms with Gasteiger partial charge in [-0.15, -0.1) is 0 Å². The second kappa shape index (κ2) is 5.76. The van der Waals surface area contributed by atoms with Crippen LogP contribution >= 0.6 is 0 Å². The van der Waals surface area contributed by atoms with Crippen molar-refractivity contribution in [1.29, 1.82) is 0 Å². The topological polar surface area (TPSA) is 70.7 Å². The summed E-state index contributed by atoms with van der Waals surface area (Å²) in [5.74, 6) is 0. The average Bonchev–Trinajstić information content (AvgIpc) is 2.18. The van der Waals surface area contributed by atoms with Gasteiger partial charge in [-0.1, -0.05) is 0 Å². The van der Waals surface area contributed by atoms with Crippen LogP contribution in [0.3, 0.4) is 0 Å². The van der Waals surface area contributed by atoms with E-state index in [1.807, 2.05) is 6.92 Å². The van der Waals surface area contributed by atoms with Crippen LogP contribution in [0.2, 0.25) is 0 Å². The summed E-state index contributed by atoms with van der Waals surface area (Å²) in [6, 6.07) is 0.206. The summed E-state index contributed by atoms with van der Waals surface area (Å²) in [6.07, 6.45) is 0. The molecule has 1 aliphatic heterocycles. The lowest BCUT2D eigenvalue weighted by Crippen LogP contribution is -2.54. The normalized spacial score (nSPS) is 24.3. The Kier molecular flexibility index (Phi) is 4.94. The van der Waals surface area contributed by atoms with Gasteiger partial charge in [0, 0.05) is 39.3 Å². The van der Waals surface area contributed by atoms with Gasteiger partial charge in [0.05, 0.1) is 6.61 Å². The van der Waals surface area contributed by atoms with E-state index in [1.54, 1.807) is 7.11 Å². The molecule has 0 radical (unpaired) electrons. The third-order valence-electron chi connectivity index (χ3n) is 2.26. The standard InChI is InChI=1S/C8H19N3O3S/c1-8-7-11(5-3-9-8)15(12,13)10-4-6-14-2/h8-10H,3-7H2,1-2H3/t8-/m0/s1. The van der Waals surface area contributed by atoms with Crippen molar-refractivity contribution >= 4 is 10.2 Å². The third-order valence-corrected chi connectivity index (χ3v) is 3.84. The number of ether oxygens (including phenoxy) is 1. The first-order chi connectivity index (χ1) is 7.06. The largest absolute Gasteiger partial charge is 0.383 e. The lowest BCUT2D eigenvalue weighted by atomic mass is 10.3. The fourth-order valence-corrected chi connectivity index (χ4v) is 2.75. The molecule has 0 aliphatic carbocycles. The summed E-state index contributed by atoms with van der Waals surface area (Å²) >= 11 is 0. The summed E-state index contributed by atoms with van der Waals surface area (Å²) in [5, 5.41) is 3.19. The first kappa shape index (κ1) is 12.9. The van der Waals surface area contributed by atoms with Crippen molar-refractivity contribution in [2.75, 3.05) is 39.9 Å². The Labute approximate surface area is 91.2 Å². The fourth-order valence-electron chi connectivity index (χ4n) is 1.48. The van der Waals surface area contributed by atoms with E-state index in [4.69, 9.17) is 4.74 Å². The predicted octanol–water partition coefficient (Wildman–Crippen LogP) is -1.24. The van der Waals surface area contributed by atoms with E-state index in [-0.39, 0.29) is 6.04 Å². The Hall–Kier alpha value is -0.210. The van der Waals surface area contributed by atoms with Crippen LogP contribution in [0, 0.1) is 0 Å². The Morgan fingerprint density at radius 1 is 1.60 bits per heavy atom. The molecule has 0 aromatic heterocycles. The highest BCUT2D eigenvalue weighted by Gasteiger charge is 2.25. The smallest absolute Gasteiger partial charge is 0.279 e. The molecule has 7 heteroatoms. The summed E-state index contributed by atoms with van der Waals surface area (Å²) in [4.78, 5) is 0. The molecule has 1 fully saturated rings. The SMILES string of the molecule is COCCNS(=O)(=O)N1CCN[C@@H](C)C1. The minimum atomic E-state index is -3.33. The quantitative estimate of drug-likeness (QED) is 0.587. The molecule has 1 rings (SSSR count). The third kappa shape index (κ3) is 4.04. The summed E-state index contributed by atoms with van der Waals surface area (Å²) in [5.41, 5.74) is 0. The molecule has 1 atom stereocenters. The molecule has 2 N–H and O–H groups in total. The molecule has 0 spiro atoms. The Morgan fingerprint density at radius 2 is 2.33 bits per heavy atom. The van der Waals surface area contributed by atoms with Gasteiger partial charge < -0.3 is 10.1 Å². The fraction of sp³-hybridized carbons (Fsp3) is 1.00. The highest BCUT2D eigenvalue weighted by Crippen LogP contribution is 2.03. The summed E-state index contributed by atoms with van der Waals surface area (Å²) in [6.45, 7) is 4.41. The molecule has 0 bridgehead atoms. The maximum absolute atomic E-state index is 11.7. The van der Waals surface area contributed by atoms with Crippen molar-refractivity contribution in [2.45, 2.75) is 13.0 Å². The summed E-state index contributed by atoms with van der Waals surface area (Å²) < 4.78 is 32.2. The van der Waals surface area contributed by atoms with Crippen LogP contribution in [0.1, 0.15) is 6.92 Å². The number of methoxy groups -OCH3 is 1. The Bertz CT molecular complexity index is 281. The minimum Gasteiger partial charge on any atom is -0.383 e. The number of piperazine rings is 1. The van der Waals surface area contributed by atoms with E-state index in [0.717, 1.165) is 0 Å². The molecule has 0 aromatic carbocycles. The van der Waals surface area contributed by atoms with Crippen LogP contribution in [0.15, 0.2) is 0 Å². The molecule has 15 heavy (non-hydrogen) atoms. The van der Waals surface area contributed by atoms with Gasteiger partial charge in [-0.05, 0) is 6.92 Å². The Morgan fingerprint density at radius 3 is 2.93 bits per heavy atom. The molecule has 1 heterocycles. The molecule has 0 unspecified atom stereocenters. The van der Waals surface area contributed by atoms with Crippen LogP contribution in [-0.4, -0.2) is 58.7 Å². The van der Waals surface area contributed by atoms with E-state index in [9.17, 15) is 8.42 Å². The second-order valence-corrected chi connectivity index (χ2v) is 5.36. The van der Waals surface area contributed by atoms with E-state index in [1.165, 1.54) is 4.31 Å². The minimum absolute atomic E-state index is 0.206. The first-order valence-corrected chi connectivity index (χ1v) is 6.47. The van der Waals surface area contributed by atoms with Crippen molar-refractivity contribution in [3.05, 3.63) is 0 Å². The van der Waals surface area contributed by atoms with Crippen molar-refractivity contribution < 1.29 is 13.2 Å². The molecular formula is C8H19N3O3S. The van der Waals surface area contributed by atoms with E-state index in [2.05, 4.69) is 10.0 Å². The molecule has 90 valence electrons. The van der Waals surface area contributed by atoms with Gasteiger partial charge in [-0.3, -0.25) is 0 Å². The van der Waals surface area contributed by atoms with Crippen molar-refractivity contribution in [3.8, 4) is 0 Å². The molecular weight excluding hydrogens is 218 g/mol. The second-order valence-electron chi connectivity index (χ2n) is 3.61. The van der Waals surface area contributed by atoms with E-state index < -0.39 is 10.2 Å². The van der Waals surface area contributed by atoms with Gasteiger partial charge in [-0.2, -0.15) is 17.4 Å². The number of nitrogens with one attached hydrogen (secondary N) is 2. The number of rotatable bonds is 5. The zero-order valence-corrected chi connectivity index (χ0v) is 10.0. The highest BCUT2D eigenvalue weighted by atomic mass is 32.2. The average molecular weight is 237 g/mol. The lowest BCUT2D eigenvalue weighted by molar-refractivity contribution is 0.203. The molecule has 6 nitrogen and oxygen atoms in total.